The average molecular weight is 250 g/mol. The van der Waals surface area contributed by atoms with Crippen LogP contribution < -0.4 is 5.32 Å². The maximum atomic E-state index is 13.1. The summed E-state index contributed by atoms with van der Waals surface area (Å²) in [5.74, 6) is 0.558. The largest absolute Gasteiger partial charge is 0.308 e. The van der Waals surface area contributed by atoms with Crippen molar-refractivity contribution in [2.24, 2.45) is 5.92 Å². The van der Waals surface area contributed by atoms with E-state index in [0.717, 1.165) is 34.1 Å². The van der Waals surface area contributed by atoms with E-state index in [1.807, 2.05) is 0 Å². The monoisotopic (exact) mass is 250 g/mol. The highest BCUT2D eigenvalue weighted by atomic mass is 32.1. The molecule has 2 nitrogen and oxygen atoms in total. The number of thiazole rings is 1. The molecule has 3 rings (SSSR count). The summed E-state index contributed by atoms with van der Waals surface area (Å²) in [7, 11) is 0. The van der Waals surface area contributed by atoms with Crippen molar-refractivity contribution in [1.82, 2.24) is 10.3 Å². The first-order valence-corrected chi connectivity index (χ1v) is 6.83. The number of halogens is 1. The van der Waals surface area contributed by atoms with Crippen molar-refractivity contribution < 1.29 is 4.39 Å². The first-order chi connectivity index (χ1) is 8.22. The van der Waals surface area contributed by atoms with Gasteiger partial charge in [-0.25, -0.2) is 9.37 Å². The highest BCUT2D eigenvalue weighted by molar-refractivity contribution is 7.18. The van der Waals surface area contributed by atoms with Crippen molar-refractivity contribution in [2.45, 2.75) is 25.8 Å². The molecule has 1 N–H and O–H groups in total. The summed E-state index contributed by atoms with van der Waals surface area (Å²) in [6.07, 6.45) is 2.36. The van der Waals surface area contributed by atoms with Gasteiger partial charge in [-0.15, -0.1) is 11.3 Å². The van der Waals surface area contributed by atoms with Crippen LogP contribution in [0.1, 0.15) is 30.8 Å². The number of aromatic nitrogens is 1. The van der Waals surface area contributed by atoms with Crippen LogP contribution in [0.5, 0.6) is 0 Å². The van der Waals surface area contributed by atoms with Gasteiger partial charge in [0.1, 0.15) is 10.8 Å². The first kappa shape index (κ1) is 11.1. The second-order valence-electron chi connectivity index (χ2n) is 4.80. The van der Waals surface area contributed by atoms with Crippen molar-refractivity contribution in [3.05, 3.63) is 29.0 Å². The molecular weight excluding hydrogens is 235 g/mol. The van der Waals surface area contributed by atoms with E-state index in [1.54, 1.807) is 23.5 Å². The molecule has 4 heteroatoms. The Bertz CT molecular complexity index is 537. The van der Waals surface area contributed by atoms with Crippen molar-refractivity contribution in [3.63, 3.8) is 0 Å². The number of nitrogens with zero attached hydrogens (tertiary/aromatic N) is 1. The molecule has 2 unspecified atom stereocenters. The van der Waals surface area contributed by atoms with Gasteiger partial charge in [0.25, 0.3) is 0 Å². The Kier molecular flexibility index (Phi) is 2.84. The molecule has 0 aliphatic carbocycles. The Morgan fingerprint density at radius 2 is 2.35 bits per heavy atom. The first-order valence-electron chi connectivity index (χ1n) is 6.02. The van der Waals surface area contributed by atoms with Gasteiger partial charge in [0.05, 0.1) is 16.3 Å². The van der Waals surface area contributed by atoms with Gasteiger partial charge >= 0.3 is 0 Å². The Labute approximate surface area is 104 Å². The van der Waals surface area contributed by atoms with E-state index < -0.39 is 0 Å². The standard InChI is InChI=1S/C13H15FN2S/c1-8-4-5-15-11(6-8)13-16-10-3-2-9(14)7-12(10)17-13/h2-3,7-8,11,15H,4-6H2,1H3. The van der Waals surface area contributed by atoms with Crippen molar-refractivity contribution in [3.8, 4) is 0 Å². The second kappa shape index (κ2) is 4.35. The van der Waals surface area contributed by atoms with E-state index in [9.17, 15) is 4.39 Å². The summed E-state index contributed by atoms with van der Waals surface area (Å²) < 4.78 is 14.1. The number of rotatable bonds is 1. The van der Waals surface area contributed by atoms with Gasteiger partial charge < -0.3 is 5.32 Å². The number of hydrogen-bond acceptors (Lipinski definition) is 3. The fourth-order valence-corrected chi connectivity index (χ4v) is 3.44. The van der Waals surface area contributed by atoms with Crippen LogP contribution in [0.2, 0.25) is 0 Å². The van der Waals surface area contributed by atoms with Crippen molar-refractivity contribution in [2.75, 3.05) is 6.54 Å². The second-order valence-corrected chi connectivity index (χ2v) is 5.86. The van der Waals surface area contributed by atoms with Crippen LogP contribution >= 0.6 is 11.3 Å². The van der Waals surface area contributed by atoms with Crippen LogP contribution in [0.3, 0.4) is 0 Å². The molecule has 1 fully saturated rings. The average Bonchev–Trinajstić information content (AvgIpc) is 2.72. The Morgan fingerprint density at radius 3 is 3.18 bits per heavy atom. The van der Waals surface area contributed by atoms with Gasteiger partial charge in [0, 0.05) is 0 Å². The van der Waals surface area contributed by atoms with Crippen molar-refractivity contribution in [1.29, 1.82) is 0 Å². The quantitative estimate of drug-likeness (QED) is 0.838. The zero-order valence-electron chi connectivity index (χ0n) is 9.74. The zero-order chi connectivity index (χ0) is 11.8. The zero-order valence-corrected chi connectivity index (χ0v) is 10.6. The van der Waals surface area contributed by atoms with E-state index in [4.69, 9.17) is 0 Å². The summed E-state index contributed by atoms with van der Waals surface area (Å²) >= 11 is 1.61. The predicted molar refractivity (Wildman–Crippen MR) is 68.7 cm³/mol. The third kappa shape index (κ3) is 2.19. The molecule has 2 heterocycles. The molecule has 1 aromatic heterocycles. The SMILES string of the molecule is CC1CCNC(c2nc3ccc(F)cc3s2)C1. The van der Waals surface area contributed by atoms with E-state index in [0.29, 0.717) is 6.04 Å². The highest BCUT2D eigenvalue weighted by Crippen LogP contribution is 2.32. The Morgan fingerprint density at radius 1 is 1.47 bits per heavy atom. The van der Waals surface area contributed by atoms with Crippen LogP contribution in [-0.2, 0) is 0 Å². The Hall–Kier alpha value is -1.000. The van der Waals surface area contributed by atoms with Crippen LogP contribution in [0.25, 0.3) is 10.2 Å². The summed E-state index contributed by atoms with van der Waals surface area (Å²) in [4.78, 5) is 4.60. The van der Waals surface area contributed by atoms with Crippen LogP contribution in [-0.4, -0.2) is 11.5 Å². The Balaban J connectivity index is 1.94. The lowest BCUT2D eigenvalue weighted by molar-refractivity contribution is 0.325. The molecule has 1 aliphatic rings. The molecule has 2 atom stereocenters. The molecule has 17 heavy (non-hydrogen) atoms. The number of hydrogen-bond donors (Lipinski definition) is 1. The van der Waals surface area contributed by atoms with Gasteiger partial charge in [-0.3, -0.25) is 0 Å². The van der Waals surface area contributed by atoms with Gasteiger partial charge in [0.2, 0.25) is 0 Å². The minimum atomic E-state index is -0.183. The van der Waals surface area contributed by atoms with Gasteiger partial charge in [-0.05, 0) is 43.5 Å². The number of fused-ring (bicyclic) bond motifs is 1. The highest BCUT2D eigenvalue weighted by Gasteiger charge is 2.22. The lowest BCUT2D eigenvalue weighted by Crippen LogP contribution is -2.30. The summed E-state index contributed by atoms with van der Waals surface area (Å²) in [6.45, 7) is 3.33. The molecule has 0 bridgehead atoms. The van der Waals surface area contributed by atoms with E-state index in [1.165, 1.54) is 12.5 Å². The molecule has 0 spiro atoms. The molecule has 1 aliphatic heterocycles. The van der Waals surface area contributed by atoms with E-state index in [2.05, 4.69) is 17.2 Å². The summed E-state index contributed by atoms with van der Waals surface area (Å²) in [6, 6.07) is 5.15. The molecular formula is C13H15FN2S. The molecule has 0 radical (unpaired) electrons. The van der Waals surface area contributed by atoms with Crippen molar-refractivity contribution >= 4 is 21.6 Å². The lowest BCUT2D eigenvalue weighted by atomic mass is 9.95. The fraction of sp³-hybridized carbons (Fsp3) is 0.462. The minimum Gasteiger partial charge on any atom is -0.308 e. The predicted octanol–water partition coefficient (Wildman–Crippen LogP) is 3.50. The van der Waals surface area contributed by atoms with Gasteiger partial charge in [-0.2, -0.15) is 0 Å². The summed E-state index contributed by atoms with van der Waals surface area (Å²) in [5.41, 5.74) is 0.909. The molecule has 0 saturated carbocycles. The van der Waals surface area contributed by atoms with E-state index in [-0.39, 0.29) is 5.82 Å². The maximum absolute atomic E-state index is 13.1. The number of piperidine rings is 1. The molecule has 2 aromatic rings. The topological polar surface area (TPSA) is 24.9 Å². The van der Waals surface area contributed by atoms with Crippen LogP contribution in [0.15, 0.2) is 18.2 Å². The van der Waals surface area contributed by atoms with Gasteiger partial charge in [-0.1, -0.05) is 6.92 Å². The molecule has 1 aromatic carbocycles. The lowest BCUT2D eigenvalue weighted by Gasteiger charge is -2.26. The molecule has 1 saturated heterocycles. The fourth-order valence-electron chi connectivity index (χ4n) is 2.36. The third-order valence-corrected chi connectivity index (χ3v) is 4.46. The van der Waals surface area contributed by atoms with Crippen LogP contribution in [0, 0.1) is 11.7 Å². The smallest absolute Gasteiger partial charge is 0.124 e. The maximum Gasteiger partial charge on any atom is 0.124 e. The molecule has 90 valence electrons. The van der Waals surface area contributed by atoms with Crippen LogP contribution in [0.4, 0.5) is 4.39 Å². The minimum absolute atomic E-state index is 0.183. The number of benzene rings is 1. The third-order valence-electron chi connectivity index (χ3n) is 3.33. The number of nitrogens with one attached hydrogen (secondary N) is 1. The van der Waals surface area contributed by atoms with E-state index >= 15 is 0 Å². The molecule has 0 amide bonds. The van der Waals surface area contributed by atoms with Gasteiger partial charge in [0.15, 0.2) is 0 Å². The normalized spacial score (nSPS) is 25.3. The summed E-state index contributed by atoms with van der Waals surface area (Å²) in [5, 5.41) is 4.59.